The van der Waals surface area contributed by atoms with Crippen LogP contribution in [0.3, 0.4) is 0 Å². The van der Waals surface area contributed by atoms with Gasteiger partial charge in [-0.2, -0.15) is 0 Å². The molecule has 3 rings (SSSR count). The van der Waals surface area contributed by atoms with Crippen LogP contribution in [0.2, 0.25) is 0 Å². The summed E-state index contributed by atoms with van der Waals surface area (Å²) in [6.45, 7) is 1.72. The highest BCUT2D eigenvalue weighted by Crippen LogP contribution is 2.38. The molecule has 0 saturated carbocycles. The van der Waals surface area contributed by atoms with E-state index in [1.165, 1.54) is 6.07 Å². The first-order chi connectivity index (χ1) is 9.56. The number of nitrogens with two attached hydrogens (primary N) is 1. The molecule has 0 spiro atoms. The van der Waals surface area contributed by atoms with Crippen molar-refractivity contribution in [2.24, 2.45) is 5.73 Å². The summed E-state index contributed by atoms with van der Waals surface area (Å²) in [4.78, 5) is 25.9. The fourth-order valence-corrected chi connectivity index (χ4v) is 3.30. The summed E-state index contributed by atoms with van der Waals surface area (Å²) in [5.74, 6) is -0.324. The van der Waals surface area contributed by atoms with Crippen molar-refractivity contribution < 1.29 is 9.72 Å². The molecule has 7 heteroatoms. The van der Waals surface area contributed by atoms with Crippen molar-refractivity contribution in [3.63, 3.8) is 0 Å². The van der Waals surface area contributed by atoms with E-state index >= 15 is 0 Å². The Labute approximate surface area is 116 Å². The molecule has 2 N–H and O–H groups in total. The Morgan fingerprint density at radius 2 is 2.10 bits per heavy atom. The number of piperazine rings is 1. The molecule has 2 aliphatic heterocycles. The average molecular weight is 276 g/mol. The Morgan fingerprint density at radius 3 is 2.70 bits per heavy atom. The number of fused-ring (bicyclic) bond motifs is 2. The van der Waals surface area contributed by atoms with E-state index in [0.717, 1.165) is 13.0 Å². The lowest BCUT2D eigenvalue weighted by Crippen LogP contribution is -2.49. The molecule has 0 radical (unpaired) electrons. The molecule has 106 valence electrons. The summed E-state index contributed by atoms with van der Waals surface area (Å²) in [7, 11) is 0. The van der Waals surface area contributed by atoms with Crippen molar-refractivity contribution in [2.45, 2.75) is 18.5 Å². The minimum Gasteiger partial charge on any atom is -0.369 e. The minimum atomic E-state index is -0.345. The zero-order valence-electron chi connectivity index (χ0n) is 10.9. The molecule has 2 heterocycles. The Balaban J connectivity index is 1.80. The van der Waals surface area contributed by atoms with Crippen LogP contribution in [0.4, 0.5) is 11.4 Å². The first-order valence-corrected chi connectivity index (χ1v) is 6.58. The van der Waals surface area contributed by atoms with Crippen molar-refractivity contribution in [1.82, 2.24) is 4.90 Å². The number of rotatable bonds is 4. The third-order valence-corrected chi connectivity index (χ3v) is 4.10. The number of primary amides is 1. The third-order valence-electron chi connectivity index (χ3n) is 4.10. The smallest absolute Gasteiger partial charge is 0.292 e. The number of hydrogen-bond donors (Lipinski definition) is 1. The van der Waals surface area contributed by atoms with E-state index in [-0.39, 0.29) is 35.1 Å². The molecule has 0 aliphatic carbocycles. The van der Waals surface area contributed by atoms with Gasteiger partial charge in [0.05, 0.1) is 11.5 Å². The van der Waals surface area contributed by atoms with Gasteiger partial charge in [0.25, 0.3) is 5.69 Å². The Bertz CT molecular complexity index is 562. The second-order valence-electron chi connectivity index (χ2n) is 5.34. The number of nitro benzene ring substituents is 1. The largest absolute Gasteiger partial charge is 0.369 e. The van der Waals surface area contributed by atoms with Gasteiger partial charge >= 0.3 is 0 Å². The van der Waals surface area contributed by atoms with E-state index < -0.39 is 0 Å². The Morgan fingerprint density at radius 1 is 1.35 bits per heavy atom. The van der Waals surface area contributed by atoms with E-state index in [2.05, 4.69) is 9.80 Å². The van der Waals surface area contributed by atoms with Gasteiger partial charge < -0.3 is 10.6 Å². The highest BCUT2D eigenvalue weighted by Gasteiger charge is 2.44. The van der Waals surface area contributed by atoms with Crippen LogP contribution < -0.4 is 10.6 Å². The van der Waals surface area contributed by atoms with Crippen molar-refractivity contribution >= 4 is 17.3 Å². The predicted octanol–water partition coefficient (Wildman–Crippen LogP) is 0.343. The van der Waals surface area contributed by atoms with Gasteiger partial charge in [0.2, 0.25) is 5.91 Å². The van der Waals surface area contributed by atoms with Gasteiger partial charge in [-0.25, -0.2) is 0 Å². The predicted molar refractivity (Wildman–Crippen MR) is 73.4 cm³/mol. The van der Waals surface area contributed by atoms with Crippen LogP contribution >= 0.6 is 0 Å². The molecule has 1 amide bonds. The molecule has 2 saturated heterocycles. The van der Waals surface area contributed by atoms with Gasteiger partial charge in [-0.15, -0.1) is 0 Å². The molecule has 0 aromatic heterocycles. The highest BCUT2D eigenvalue weighted by atomic mass is 16.6. The normalized spacial score (nSPS) is 25.1. The van der Waals surface area contributed by atoms with Crippen LogP contribution in [0.1, 0.15) is 6.42 Å². The number of amides is 1. The number of carbonyl (C=O) groups excluding carboxylic acids is 1. The summed E-state index contributed by atoms with van der Waals surface area (Å²) < 4.78 is 0. The molecule has 1 aromatic carbocycles. The maximum Gasteiger partial charge on any atom is 0.292 e. The van der Waals surface area contributed by atoms with Crippen molar-refractivity contribution in [3.05, 3.63) is 34.4 Å². The molecule has 2 fully saturated rings. The lowest BCUT2D eigenvalue weighted by atomic mass is 10.2. The van der Waals surface area contributed by atoms with Crippen LogP contribution in [0.25, 0.3) is 0 Å². The number of anilines is 1. The molecular weight excluding hydrogens is 260 g/mol. The van der Waals surface area contributed by atoms with Crippen LogP contribution in [0.5, 0.6) is 0 Å². The molecule has 20 heavy (non-hydrogen) atoms. The van der Waals surface area contributed by atoms with Gasteiger partial charge in [0.1, 0.15) is 5.69 Å². The van der Waals surface area contributed by atoms with E-state index in [1.54, 1.807) is 12.1 Å². The quantitative estimate of drug-likeness (QED) is 0.632. The summed E-state index contributed by atoms with van der Waals surface area (Å²) in [5.41, 5.74) is 6.04. The SMILES string of the molecule is NC(=O)CN1CC2CC1CN2c1ccccc1[N+](=O)[O-]. The van der Waals surface area contributed by atoms with E-state index in [1.807, 2.05) is 6.07 Å². The molecule has 2 unspecified atom stereocenters. The zero-order valence-corrected chi connectivity index (χ0v) is 10.9. The van der Waals surface area contributed by atoms with Crippen LogP contribution in [0.15, 0.2) is 24.3 Å². The summed E-state index contributed by atoms with van der Waals surface area (Å²) in [5, 5.41) is 11.1. The number of nitro groups is 1. The van der Waals surface area contributed by atoms with Crippen molar-refractivity contribution in [2.75, 3.05) is 24.5 Å². The molecule has 1 aromatic rings. The Kier molecular flexibility index (Phi) is 3.06. The standard InChI is InChI=1S/C13H16N4O3/c14-13(18)8-15-6-10-5-9(15)7-16(10)11-3-1-2-4-12(11)17(19)20/h1-4,9-10H,5-8H2,(H2,14,18). The van der Waals surface area contributed by atoms with Crippen LogP contribution in [-0.2, 0) is 4.79 Å². The molecule has 7 nitrogen and oxygen atoms in total. The lowest BCUT2D eigenvalue weighted by Gasteiger charge is -2.34. The van der Waals surface area contributed by atoms with Gasteiger partial charge in [-0.05, 0) is 12.5 Å². The van der Waals surface area contributed by atoms with Crippen molar-refractivity contribution in [3.8, 4) is 0 Å². The minimum absolute atomic E-state index is 0.140. The number of nitrogens with zero attached hydrogens (tertiary/aromatic N) is 3. The number of benzene rings is 1. The van der Waals surface area contributed by atoms with Crippen LogP contribution in [-0.4, -0.2) is 47.4 Å². The van der Waals surface area contributed by atoms with Gasteiger partial charge in [0.15, 0.2) is 0 Å². The highest BCUT2D eigenvalue weighted by molar-refractivity contribution is 5.76. The van der Waals surface area contributed by atoms with Gasteiger partial charge in [0, 0.05) is 31.2 Å². The first-order valence-electron chi connectivity index (χ1n) is 6.58. The number of para-hydroxylation sites is 2. The van der Waals surface area contributed by atoms with E-state index in [4.69, 9.17) is 5.73 Å². The lowest BCUT2D eigenvalue weighted by molar-refractivity contribution is -0.384. The topological polar surface area (TPSA) is 92.7 Å². The average Bonchev–Trinajstić information content (AvgIpc) is 2.97. The van der Waals surface area contributed by atoms with Crippen LogP contribution in [0, 0.1) is 10.1 Å². The van der Waals surface area contributed by atoms with Gasteiger partial charge in [-0.3, -0.25) is 19.8 Å². The zero-order chi connectivity index (χ0) is 14.3. The monoisotopic (exact) mass is 276 g/mol. The van der Waals surface area contributed by atoms with Crippen molar-refractivity contribution in [1.29, 1.82) is 0 Å². The second kappa shape index (κ2) is 4.75. The third kappa shape index (κ3) is 2.09. The second-order valence-corrected chi connectivity index (χ2v) is 5.34. The summed E-state index contributed by atoms with van der Waals surface area (Å²) in [6.07, 6.45) is 0.930. The maximum atomic E-state index is 11.1. The fourth-order valence-electron chi connectivity index (χ4n) is 3.30. The molecule has 2 aliphatic rings. The maximum absolute atomic E-state index is 11.1. The molecular formula is C13H16N4O3. The number of hydrogen-bond acceptors (Lipinski definition) is 5. The summed E-state index contributed by atoms with van der Waals surface area (Å²) >= 11 is 0. The molecule has 2 bridgehead atoms. The number of carbonyl (C=O) groups is 1. The van der Waals surface area contributed by atoms with E-state index in [0.29, 0.717) is 12.2 Å². The fraction of sp³-hybridized carbons (Fsp3) is 0.462. The number of likely N-dealkylation sites (tertiary alicyclic amines) is 1. The Hall–Kier alpha value is -2.15. The first kappa shape index (κ1) is 12.9. The molecule has 2 atom stereocenters. The van der Waals surface area contributed by atoms with E-state index in [9.17, 15) is 14.9 Å². The summed E-state index contributed by atoms with van der Waals surface area (Å²) in [6, 6.07) is 7.29. The van der Waals surface area contributed by atoms with Gasteiger partial charge in [-0.1, -0.05) is 12.1 Å².